The maximum Gasteiger partial charge on any atom is 0.272 e. The Hall–Kier alpha value is -4.45. The van der Waals surface area contributed by atoms with E-state index in [1.807, 2.05) is 60.7 Å². The van der Waals surface area contributed by atoms with E-state index in [0.717, 1.165) is 21.9 Å². The molecule has 0 aliphatic rings. The number of nitrogens with zero attached hydrogens (tertiary/aromatic N) is 1. The first-order valence-electron chi connectivity index (χ1n) is 10.7. The lowest BCUT2D eigenvalue weighted by Crippen LogP contribution is -2.00. The predicted octanol–water partition coefficient (Wildman–Crippen LogP) is 6.54. The van der Waals surface area contributed by atoms with Crippen molar-refractivity contribution < 1.29 is 19.2 Å². The monoisotopic (exact) mass is 453 g/mol. The molecule has 0 bridgehead atoms. The van der Waals surface area contributed by atoms with Gasteiger partial charge in [-0.2, -0.15) is 0 Å². The second-order valence-corrected chi connectivity index (χ2v) is 7.82. The highest BCUT2D eigenvalue weighted by atomic mass is 16.6. The van der Waals surface area contributed by atoms with E-state index in [1.54, 1.807) is 38.3 Å². The standard InChI is InChI=1S/C28H23NO5/c1-19-15-25(11-12-26(19)29(31)32)34-18-24-16-20(8-14-28(24)33-2)7-13-27(30)23-10-9-21-5-3-4-6-22(21)17-23/h3-17H,18H2,1-2H3/b13-7+. The van der Waals surface area contributed by atoms with Crippen molar-refractivity contribution in [1.29, 1.82) is 0 Å². The number of benzene rings is 4. The molecular weight excluding hydrogens is 430 g/mol. The molecule has 0 aromatic heterocycles. The first-order chi connectivity index (χ1) is 16.4. The summed E-state index contributed by atoms with van der Waals surface area (Å²) in [5.74, 6) is 1.09. The first kappa shape index (κ1) is 22.7. The van der Waals surface area contributed by atoms with Gasteiger partial charge in [0.15, 0.2) is 5.78 Å². The molecule has 0 unspecified atom stereocenters. The van der Waals surface area contributed by atoms with E-state index in [0.29, 0.717) is 22.6 Å². The summed E-state index contributed by atoms with van der Waals surface area (Å²) in [6.07, 6.45) is 3.31. The van der Waals surface area contributed by atoms with Crippen LogP contribution >= 0.6 is 0 Å². The van der Waals surface area contributed by atoms with E-state index in [-0.39, 0.29) is 18.1 Å². The Balaban J connectivity index is 1.50. The summed E-state index contributed by atoms with van der Waals surface area (Å²) < 4.78 is 11.3. The van der Waals surface area contributed by atoms with Crippen LogP contribution in [0.4, 0.5) is 5.69 Å². The van der Waals surface area contributed by atoms with Gasteiger partial charge in [0.05, 0.1) is 12.0 Å². The highest BCUT2D eigenvalue weighted by molar-refractivity contribution is 6.08. The van der Waals surface area contributed by atoms with E-state index in [4.69, 9.17) is 9.47 Å². The molecule has 0 fully saturated rings. The maximum atomic E-state index is 12.7. The van der Waals surface area contributed by atoms with Crippen molar-refractivity contribution in [3.05, 3.63) is 117 Å². The number of aryl methyl sites for hydroxylation is 1. The van der Waals surface area contributed by atoms with Crippen molar-refractivity contribution in [1.82, 2.24) is 0 Å². The Morgan fingerprint density at radius 1 is 0.971 bits per heavy atom. The number of hydrogen-bond donors (Lipinski definition) is 0. The van der Waals surface area contributed by atoms with Gasteiger partial charge in [0.2, 0.25) is 0 Å². The van der Waals surface area contributed by atoms with Gasteiger partial charge in [0.25, 0.3) is 5.69 Å². The van der Waals surface area contributed by atoms with Gasteiger partial charge in [-0.1, -0.05) is 48.5 Å². The van der Waals surface area contributed by atoms with Crippen molar-refractivity contribution in [2.75, 3.05) is 7.11 Å². The second kappa shape index (κ2) is 10.0. The van der Waals surface area contributed by atoms with Gasteiger partial charge in [-0.3, -0.25) is 14.9 Å². The van der Waals surface area contributed by atoms with Crippen LogP contribution < -0.4 is 9.47 Å². The maximum absolute atomic E-state index is 12.7. The van der Waals surface area contributed by atoms with E-state index >= 15 is 0 Å². The number of nitro groups is 1. The van der Waals surface area contributed by atoms with Crippen molar-refractivity contribution in [2.24, 2.45) is 0 Å². The van der Waals surface area contributed by atoms with E-state index in [9.17, 15) is 14.9 Å². The number of ether oxygens (including phenoxy) is 2. The summed E-state index contributed by atoms with van der Waals surface area (Å²) in [6.45, 7) is 1.88. The lowest BCUT2D eigenvalue weighted by Gasteiger charge is -2.12. The third-order valence-corrected chi connectivity index (χ3v) is 5.52. The summed E-state index contributed by atoms with van der Waals surface area (Å²) >= 11 is 0. The minimum Gasteiger partial charge on any atom is -0.496 e. The van der Waals surface area contributed by atoms with E-state index in [2.05, 4.69) is 0 Å². The van der Waals surface area contributed by atoms with Crippen molar-refractivity contribution in [2.45, 2.75) is 13.5 Å². The summed E-state index contributed by atoms with van der Waals surface area (Å²) in [5, 5.41) is 13.1. The molecule has 6 nitrogen and oxygen atoms in total. The predicted molar refractivity (Wildman–Crippen MR) is 132 cm³/mol. The Labute approximate surface area is 197 Å². The van der Waals surface area contributed by atoms with Crippen LogP contribution in [0.3, 0.4) is 0 Å². The van der Waals surface area contributed by atoms with E-state index < -0.39 is 4.92 Å². The molecule has 4 rings (SSSR count). The van der Waals surface area contributed by atoms with Crippen LogP contribution in [-0.4, -0.2) is 17.8 Å². The van der Waals surface area contributed by atoms with Gasteiger partial charge >= 0.3 is 0 Å². The highest BCUT2D eigenvalue weighted by Gasteiger charge is 2.12. The Morgan fingerprint density at radius 2 is 1.76 bits per heavy atom. The summed E-state index contributed by atoms with van der Waals surface area (Å²) in [4.78, 5) is 23.3. The van der Waals surface area contributed by atoms with Gasteiger partial charge < -0.3 is 9.47 Å². The van der Waals surface area contributed by atoms with Crippen LogP contribution in [-0.2, 0) is 6.61 Å². The number of methoxy groups -OCH3 is 1. The van der Waals surface area contributed by atoms with Crippen LogP contribution in [0, 0.1) is 17.0 Å². The van der Waals surface area contributed by atoms with Gasteiger partial charge in [0, 0.05) is 22.8 Å². The SMILES string of the molecule is COc1ccc(/C=C/C(=O)c2ccc3ccccc3c2)cc1COc1ccc([N+](=O)[O-])c(C)c1. The fourth-order valence-electron chi connectivity index (χ4n) is 3.71. The van der Waals surface area contributed by atoms with Gasteiger partial charge in [-0.15, -0.1) is 0 Å². The Morgan fingerprint density at radius 3 is 2.50 bits per heavy atom. The molecule has 6 heteroatoms. The number of carbonyl (C=O) groups is 1. The fourth-order valence-corrected chi connectivity index (χ4v) is 3.71. The molecule has 4 aromatic carbocycles. The molecule has 0 N–H and O–H groups in total. The van der Waals surface area contributed by atoms with Crippen molar-refractivity contribution >= 4 is 28.3 Å². The molecular formula is C28H23NO5. The molecule has 0 saturated carbocycles. The van der Waals surface area contributed by atoms with Gasteiger partial charge in [-0.05, 0) is 59.7 Å². The molecule has 0 atom stereocenters. The normalized spacial score (nSPS) is 11.0. The quantitative estimate of drug-likeness (QED) is 0.131. The van der Waals surface area contributed by atoms with Crippen LogP contribution in [0.25, 0.3) is 16.8 Å². The van der Waals surface area contributed by atoms with Gasteiger partial charge in [-0.25, -0.2) is 0 Å². The minimum absolute atomic E-state index is 0.0492. The molecule has 4 aromatic rings. The number of allylic oxidation sites excluding steroid dienone is 1. The molecule has 0 aliphatic heterocycles. The molecule has 0 heterocycles. The third kappa shape index (κ3) is 5.13. The smallest absolute Gasteiger partial charge is 0.272 e. The lowest BCUT2D eigenvalue weighted by molar-refractivity contribution is -0.385. The lowest BCUT2D eigenvalue weighted by atomic mass is 10.0. The van der Waals surface area contributed by atoms with Crippen molar-refractivity contribution in [3.8, 4) is 11.5 Å². The molecule has 34 heavy (non-hydrogen) atoms. The van der Waals surface area contributed by atoms with Crippen LogP contribution in [0.5, 0.6) is 11.5 Å². The molecule has 0 saturated heterocycles. The first-order valence-corrected chi connectivity index (χ1v) is 10.7. The second-order valence-electron chi connectivity index (χ2n) is 7.82. The van der Waals surface area contributed by atoms with Crippen molar-refractivity contribution in [3.63, 3.8) is 0 Å². The average molecular weight is 453 g/mol. The number of fused-ring (bicyclic) bond motifs is 1. The zero-order valence-electron chi connectivity index (χ0n) is 18.9. The molecule has 0 radical (unpaired) electrons. The number of rotatable bonds is 8. The molecule has 0 spiro atoms. The van der Waals surface area contributed by atoms with Crippen LogP contribution in [0.2, 0.25) is 0 Å². The van der Waals surface area contributed by atoms with Gasteiger partial charge in [0.1, 0.15) is 18.1 Å². The largest absolute Gasteiger partial charge is 0.496 e. The number of nitro benzene ring substituents is 1. The number of hydrogen-bond acceptors (Lipinski definition) is 5. The molecule has 170 valence electrons. The fraction of sp³-hybridized carbons (Fsp3) is 0.107. The van der Waals surface area contributed by atoms with Crippen LogP contribution in [0.15, 0.2) is 84.9 Å². The van der Waals surface area contributed by atoms with E-state index in [1.165, 1.54) is 6.07 Å². The topological polar surface area (TPSA) is 78.7 Å². The number of ketones is 1. The third-order valence-electron chi connectivity index (χ3n) is 5.52. The van der Waals surface area contributed by atoms with Crippen LogP contribution in [0.1, 0.15) is 27.0 Å². The average Bonchev–Trinajstić information content (AvgIpc) is 2.85. The Kier molecular flexibility index (Phi) is 6.69. The minimum atomic E-state index is -0.419. The molecule has 0 amide bonds. The molecule has 0 aliphatic carbocycles. The summed E-state index contributed by atoms with van der Waals surface area (Å²) in [6, 6.07) is 23.8. The summed E-state index contributed by atoms with van der Waals surface area (Å²) in [5.41, 5.74) is 2.82. The Bertz CT molecular complexity index is 1410. The summed E-state index contributed by atoms with van der Waals surface area (Å²) in [7, 11) is 1.58. The zero-order valence-corrected chi connectivity index (χ0v) is 18.9. The highest BCUT2D eigenvalue weighted by Crippen LogP contribution is 2.26. The number of carbonyl (C=O) groups excluding carboxylic acids is 1. The zero-order chi connectivity index (χ0) is 24.1.